The zero-order valence-corrected chi connectivity index (χ0v) is 12.3. The molecule has 1 unspecified atom stereocenters. The van der Waals surface area contributed by atoms with Crippen LogP contribution in [0.1, 0.15) is 12.8 Å². The van der Waals surface area contributed by atoms with Crippen molar-refractivity contribution in [1.29, 1.82) is 0 Å². The van der Waals surface area contributed by atoms with E-state index in [2.05, 4.69) is 31.0 Å². The molecule has 1 atom stereocenters. The highest BCUT2D eigenvalue weighted by molar-refractivity contribution is 5.67. The molecule has 5 nitrogen and oxygen atoms in total. The van der Waals surface area contributed by atoms with Gasteiger partial charge in [0, 0.05) is 19.0 Å². The summed E-state index contributed by atoms with van der Waals surface area (Å²) in [6, 6.07) is 1.80. The molecule has 1 saturated heterocycles. The zero-order chi connectivity index (χ0) is 14.0. The number of hydrogen-bond donors (Lipinski definition) is 2. The molecule has 0 bridgehead atoms. The van der Waals surface area contributed by atoms with Crippen molar-refractivity contribution in [3.05, 3.63) is 12.3 Å². The van der Waals surface area contributed by atoms with Crippen LogP contribution < -0.4 is 16.4 Å². The monoisotopic (exact) mass is 264 g/mol. The molecule has 0 amide bonds. The van der Waals surface area contributed by atoms with Crippen molar-refractivity contribution in [2.45, 2.75) is 12.8 Å². The summed E-state index contributed by atoms with van der Waals surface area (Å²) in [6.07, 6.45) is 4.19. The number of aromatic nitrogens is 1. The Labute approximate surface area is 115 Å². The van der Waals surface area contributed by atoms with E-state index in [-0.39, 0.29) is 0 Å². The Kier molecular flexibility index (Phi) is 3.85. The van der Waals surface area contributed by atoms with Gasteiger partial charge in [0.2, 0.25) is 0 Å². The van der Waals surface area contributed by atoms with Crippen LogP contribution in [-0.4, -0.2) is 50.2 Å². The smallest absolute Gasteiger partial charge is 0.151 e. The van der Waals surface area contributed by atoms with E-state index in [0.717, 1.165) is 23.4 Å². The zero-order valence-electron chi connectivity index (χ0n) is 12.3. The largest absolute Gasteiger partial charge is 0.397 e. The van der Waals surface area contributed by atoms with Crippen LogP contribution in [0.4, 0.5) is 17.2 Å². The summed E-state index contributed by atoms with van der Waals surface area (Å²) in [6.45, 7) is 3.26. The average Bonchev–Trinajstić information content (AvgIpc) is 2.26. The predicted molar refractivity (Wildman–Crippen MR) is 80.9 cm³/mol. The average molecular weight is 264 g/mol. The molecule has 1 aromatic heterocycles. The maximum atomic E-state index is 6.04. The number of rotatable bonds is 3. The molecule has 1 fully saturated rings. The second kappa shape index (κ2) is 5.25. The fourth-order valence-corrected chi connectivity index (χ4v) is 2.94. The summed E-state index contributed by atoms with van der Waals surface area (Å²) < 4.78 is 1.00. The van der Waals surface area contributed by atoms with Gasteiger partial charge in [-0.1, -0.05) is 0 Å². The standard InChI is InChI=1S/C14H26N5/c1-19(2,3)10-11-5-4-6-18(9-11)14-13(16)7-12(15)8-17-14/h7-8,11H,4-6,9-10,15-16H2,1-3H3/q+1. The molecule has 19 heavy (non-hydrogen) atoms. The maximum Gasteiger partial charge on any atom is 0.151 e. The molecule has 1 aromatic rings. The first-order chi connectivity index (χ1) is 8.85. The van der Waals surface area contributed by atoms with Crippen molar-refractivity contribution >= 4 is 17.2 Å². The normalized spacial score (nSPS) is 20.6. The topological polar surface area (TPSA) is 68.2 Å². The molecular formula is C14H26N5+. The Morgan fingerprint density at radius 3 is 2.74 bits per heavy atom. The first-order valence-electron chi connectivity index (χ1n) is 6.91. The summed E-state index contributed by atoms with van der Waals surface area (Å²) in [5, 5.41) is 0. The molecule has 0 aromatic carbocycles. The van der Waals surface area contributed by atoms with Crippen molar-refractivity contribution in [2.24, 2.45) is 5.92 Å². The number of piperidine rings is 1. The van der Waals surface area contributed by atoms with Gasteiger partial charge in [-0.3, -0.25) is 0 Å². The molecule has 5 heteroatoms. The van der Waals surface area contributed by atoms with Crippen LogP contribution in [-0.2, 0) is 0 Å². The molecule has 4 N–H and O–H groups in total. The van der Waals surface area contributed by atoms with Crippen LogP contribution in [0.2, 0.25) is 0 Å². The third-order valence-electron chi connectivity index (χ3n) is 3.54. The number of anilines is 3. The number of nitrogens with zero attached hydrogens (tertiary/aromatic N) is 3. The van der Waals surface area contributed by atoms with E-state index in [4.69, 9.17) is 11.5 Å². The number of nitrogens with two attached hydrogens (primary N) is 2. The van der Waals surface area contributed by atoms with Gasteiger partial charge >= 0.3 is 0 Å². The minimum atomic E-state index is 0.626. The van der Waals surface area contributed by atoms with Crippen molar-refractivity contribution in [3.63, 3.8) is 0 Å². The molecule has 0 radical (unpaired) electrons. The Morgan fingerprint density at radius 2 is 2.11 bits per heavy atom. The molecule has 1 aliphatic heterocycles. The molecule has 106 valence electrons. The Hall–Kier alpha value is -1.49. The Morgan fingerprint density at radius 1 is 1.37 bits per heavy atom. The van der Waals surface area contributed by atoms with Gasteiger partial charge in [-0.25, -0.2) is 4.98 Å². The SMILES string of the molecule is C[N+](C)(C)CC1CCCN(c2ncc(N)cc2N)C1. The lowest BCUT2D eigenvalue weighted by Gasteiger charge is -2.37. The first kappa shape index (κ1) is 13.9. The second-order valence-electron chi connectivity index (χ2n) is 6.61. The van der Waals surface area contributed by atoms with E-state index in [1.807, 2.05) is 0 Å². The van der Waals surface area contributed by atoms with Crippen molar-refractivity contribution in [3.8, 4) is 0 Å². The summed E-state index contributed by atoms with van der Waals surface area (Å²) in [4.78, 5) is 6.71. The molecular weight excluding hydrogens is 238 g/mol. The van der Waals surface area contributed by atoms with Crippen molar-refractivity contribution in [2.75, 3.05) is 57.1 Å². The van der Waals surface area contributed by atoms with Crippen molar-refractivity contribution < 1.29 is 4.48 Å². The van der Waals surface area contributed by atoms with Gasteiger partial charge in [0.1, 0.15) is 0 Å². The highest BCUT2D eigenvalue weighted by atomic mass is 15.3. The van der Waals surface area contributed by atoms with E-state index >= 15 is 0 Å². The van der Waals surface area contributed by atoms with Crippen LogP contribution in [0.25, 0.3) is 0 Å². The van der Waals surface area contributed by atoms with Gasteiger partial charge in [0.15, 0.2) is 5.82 Å². The highest BCUT2D eigenvalue weighted by Gasteiger charge is 2.26. The van der Waals surface area contributed by atoms with Crippen LogP contribution in [0.15, 0.2) is 12.3 Å². The Balaban J connectivity index is 2.08. The van der Waals surface area contributed by atoms with Crippen LogP contribution in [0, 0.1) is 5.92 Å². The lowest BCUT2D eigenvalue weighted by Crippen LogP contribution is -2.46. The third-order valence-corrected chi connectivity index (χ3v) is 3.54. The van der Waals surface area contributed by atoms with Gasteiger partial charge in [-0.2, -0.15) is 0 Å². The minimum absolute atomic E-state index is 0.626. The van der Waals surface area contributed by atoms with E-state index in [1.54, 1.807) is 12.3 Å². The van der Waals surface area contributed by atoms with Gasteiger partial charge in [-0.15, -0.1) is 0 Å². The Bertz CT molecular complexity index is 438. The van der Waals surface area contributed by atoms with Gasteiger partial charge in [-0.05, 0) is 18.9 Å². The third kappa shape index (κ3) is 3.73. The second-order valence-corrected chi connectivity index (χ2v) is 6.61. The molecule has 0 saturated carbocycles. The quantitative estimate of drug-likeness (QED) is 0.804. The minimum Gasteiger partial charge on any atom is -0.397 e. The summed E-state index contributed by atoms with van der Waals surface area (Å²) >= 11 is 0. The number of hydrogen-bond acceptors (Lipinski definition) is 4. The van der Waals surface area contributed by atoms with Crippen molar-refractivity contribution in [1.82, 2.24) is 4.98 Å². The molecule has 1 aliphatic rings. The number of quaternary nitrogens is 1. The molecule has 2 rings (SSSR count). The molecule has 2 heterocycles. The summed E-state index contributed by atoms with van der Waals surface area (Å²) in [7, 11) is 6.73. The number of nitrogen functional groups attached to an aromatic ring is 2. The lowest BCUT2D eigenvalue weighted by molar-refractivity contribution is -0.873. The van der Waals surface area contributed by atoms with E-state index < -0.39 is 0 Å². The maximum absolute atomic E-state index is 6.04. The van der Waals surface area contributed by atoms with E-state index in [0.29, 0.717) is 17.3 Å². The molecule has 0 spiro atoms. The molecule has 0 aliphatic carbocycles. The fraction of sp³-hybridized carbons (Fsp3) is 0.643. The van der Waals surface area contributed by atoms with Crippen LogP contribution in [0.3, 0.4) is 0 Å². The van der Waals surface area contributed by atoms with Crippen LogP contribution >= 0.6 is 0 Å². The fourth-order valence-electron chi connectivity index (χ4n) is 2.94. The summed E-state index contributed by atoms with van der Waals surface area (Å²) in [5.41, 5.74) is 13.1. The summed E-state index contributed by atoms with van der Waals surface area (Å²) in [5.74, 6) is 1.59. The predicted octanol–water partition coefficient (Wildman–Crippen LogP) is 1.17. The lowest BCUT2D eigenvalue weighted by atomic mass is 9.97. The first-order valence-corrected chi connectivity index (χ1v) is 6.91. The van der Waals surface area contributed by atoms with Crippen LogP contribution in [0.5, 0.6) is 0 Å². The van der Waals surface area contributed by atoms with Gasteiger partial charge in [0.25, 0.3) is 0 Å². The van der Waals surface area contributed by atoms with Gasteiger partial charge < -0.3 is 20.9 Å². The van der Waals surface area contributed by atoms with Gasteiger partial charge in [0.05, 0.1) is 45.3 Å². The van der Waals surface area contributed by atoms with E-state index in [9.17, 15) is 0 Å². The highest BCUT2D eigenvalue weighted by Crippen LogP contribution is 2.27. The number of pyridine rings is 1. The van der Waals surface area contributed by atoms with E-state index in [1.165, 1.54) is 19.4 Å².